The van der Waals surface area contributed by atoms with Crippen LogP contribution in [0, 0.1) is 5.92 Å². The van der Waals surface area contributed by atoms with Gasteiger partial charge in [0.05, 0.1) is 0 Å². The van der Waals surface area contributed by atoms with Crippen LogP contribution in [0.1, 0.15) is 15.9 Å². The molecule has 0 radical (unpaired) electrons. The number of rotatable bonds is 6. The van der Waals surface area contributed by atoms with Crippen LogP contribution in [0.25, 0.3) is 0 Å². The molecule has 4 rings (SSSR count). The Balaban J connectivity index is 1.65. The Bertz CT molecular complexity index is 950. The van der Waals surface area contributed by atoms with E-state index in [0.717, 1.165) is 15.6 Å². The molecular formula is C24H21F2NOSe. The van der Waals surface area contributed by atoms with Gasteiger partial charge < -0.3 is 0 Å². The van der Waals surface area contributed by atoms with Gasteiger partial charge in [0, 0.05) is 0 Å². The van der Waals surface area contributed by atoms with E-state index < -0.39 is 17.7 Å². The van der Waals surface area contributed by atoms with Gasteiger partial charge in [-0.05, 0) is 0 Å². The fraction of sp³-hybridized carbons (Fsp3) is 0.208. The molecule has 1 amide bonds. The molecule has 1 saturated heterocycles. The van der Waals surface area contributed by atoms with Crippen LogP contribution >= 0.6 is 0 Å². The Morgan fingerprint density at radius 1 is 0.897 bits per heavy atom. The minimum atomic E-state index is -3.37. The van der Waals surface area contributed by atoms with Crippen LogP contribution in [0.15, 0.2) is 91.0 Å². The molecule has 29 heavy (non-hydrogen) atoms. The monoisotopic (exact) mass is 457 g/mol. The number of carbonyl (C=O) groups excluding carboxylic acids is 1. The molecule has 0 aromatic heterocycles. The van der Waals surface area contributed by atoms with E-state index in [9.17, 15) is 4.79 Å². The molecule has 2 atom stereocenters. The number of halogens is 2. The fourth-order valence-corrected chi connectivity index (χ4v) is 6.47. The summed E-state index contributed by atoms with van der Waals surface area (Å²) in [7, 11) is 0. The third kappa shape index (κ3) is 4.26. The molecule has 148 valence electrons. The van der Waals surface area contributed by atoms with Crippen molar-refractivity contribution >= 4 is 25.3 Å². The molecule has 3 aromatic carbocycles. The standard InChI is InChI=1S/C24H21F2NOSe/c25-24(26)21(17-27(23(24)28)16-18-10-4-1-5-11-18)22(19-12-6-2-7-13-19)29-20-14-8-3-9-15-20/h1-15,21-22H,16-17H2. The third-order valence-corrected chi connectivity index (χ3v) is 8.11. The number of alkyl halides is 2. The molecule has 5 heteroatoms. The van der Waals surface area contributed by atoms with Crippen molar-refractivity contribution < 1.29 is 13.6 Å². The first-order chi connectivity index (χ1) is 14.1. The predicted octanol–water partition coefficient (Wildman–Crippen LogP) is 4.05. The molecule has 0 bridgehead atoms. The van der Waals surface area contributed by atoms with Crippen molar-refractivity contribution in [2.24, 2.45) is 5.92 Å². The molecule has 0 N–H and O–H groups in total. The zero-order valence-corrected chi connectivity index (χ0v) is 17.5. The van der Waals surface area contributed by atoms with Crippen molar-refractivity contribution in [1.29, 1.82) is 0 Å². The van der Waals surface area contributed by atoms with Crippen LogP contribution in [0.4, 0.5) is 8.78 Å². The van der Waals surface area contributed by atoms with Crippen LogP contribution in [-0.4, -0.2) is 38.2 Å². The van der Waals surface area contributed by atoms with Crippen molar-refractivity contribution in [1.82, 2.24) is 4.90 Å². The fourth-order valence-electron chi connectivity index (χ4n) is 3.70. The van der Waals surface area contributed by atoms with E-state index in [1.807, 2.05) is 91.0 Å². The van der Waals surface area contributed by atoms with Gasteiger partial charge in [-0.3, -0.25) is 0 Å². The number of likely N-dealkylation sites (tertiary alicyclic amines) is 1. The molecule has 1 heterocycles. The summed E-state index contributed by atoms with van der Waals surface area (Å²) < 4.78 is 31.5. The van der Waals surface area contributed by atoms with Gasteiger partial charge in [0.15, 0.2) is 0 Å². The molecule has 0 aliphatic carbocycles. The molecule has 2 unspecified atom stereocenters. The summed E-state index contributed by atoms with van der Waals surface area (Å²) in [5.74, 6) is -5.47. The van der Waals surface area contributed by atoms with Gasteiger partial charge in [0.1, 0.15) is 0 Å². The molecule has 3 aromatic rings. The van der Waals surface area contributed by atoms with Gasteiger partial charge in [-0.25, -0.2) is 0 Å². The maximum atomic E-state index is 15.2. The van der Waals surface area contributed by atoms with Gasteiger partial charge >= 0.3 is 176 Å². The van der Waals surface area contributed by atoms with Crippen molar-refractivity contribution in [3.8, 4) is 0 Å². The summed E-state index contributed by atoms with van der Waals surface area (Å²) in [4.78, 5) is 13.5. The van der Waals surface area contributed by atoms with Gasteiger partial charge in [0.2, 0.25) is 0 Å². The Morgan fingerprint density at radius 2 is 1.45 bits per heavy atom. The van der Waals surface area contributed by atoms with E-state index in [1.165, 1.54) is 4.90 Å². The van der Waals surface area contributed by atoms with Crippen LogP contribution in [0.5, 0.6) is 0 Å². The predicted molar refractivity (Wildman–Crippen MR) is 111 cm³/mol. The van der Waals surface area contributed by atoms with Gasteiger partial charge in [-0.15, -0.1) is 0 Å². The molecule has 0 saturated carbocycles. The van der Waals surface area contributed by atoms with Crippen LogP contribution in [0.2, 0.25) is 0 Å². The number of nitrogens with zero attached hydrogens (tertiary/aromatic N) is 1. The molecule has 1 fully saturated rings. The van der Waals surface area contributed by atoms with E-state index in [4.69, 9.17) is 0 Å². The molecule has 0 spiro atoms. The van der Waals surface area contributed by atoms with E-state index in [-0.39, 0.29) is 32.9 Å². The number of hydrogen-bond donors (Lipinski definition) is 0. The first kappa shape index (κ1) is 19.8. The summed E-state index contributed by atoms with van der Waals surface area (Å²) in [6.45, 7) is 0.278. The van der Waals surface area contributed by atoms with Crippen molar-refractivity contribution in [3.63, 3.8) is 0 Å². The van der Waals surface area contributed by atoms with E-state index in [2.05, 4.69) is 0 Å². The number of hydrogen-bond acceptors (Lipinski definition) is 1. The van der Waals surface area contributed by atoms with E-state index >= 15 is 8.78 Å². The van der Waals surface area contributed by atoms with Gasteiger partial charge in [0.25, 0.3) is 0 Å². The molecule has 1 aliphatic heterocycles. The zero-order chi connectivity index (χ0) is 20.3. The zero-order valence-electron chi connectivity index (χ0n) is 15.7. The van der Waals surface area contributed by atoms with E-state index in [0.29, 0.717) is 0 Å². The second-order valence-corrected chi connectivity index (χ2v) is 9.71. The van der Waals surface area contributed by atoms with Crippen LogP contribution in [0.3, 0.4) is 0 Å². The molecule has 1 aliphatic rings. The summed E-state index contributed by atoms with van der Waals surface area (Å²) >= 11 is -0.222. The normalized spacial score (nSPS) is 19.3. The maximum absolute atomic E-state index is 15.2. The van der Waals surface area contributed by atoms with Crippen molar-refractivity contribution in [2.75, 3.05) is 6.54 Å². The SMILES string of the molecule is O=C1N(Cc2ccccc2)CC(C([Se]c2ccccc2)c2ccccc2)C1(F)F. The third-order valence-electron chi connectivity index (χ3n) is 5.17. The molecule has 2 nitrogen and oxygen atoms in total. The second kappa shape index (κ2) is 8.48. The Hall–Kier alpha value is -2.49. The van der Waals surface area contributed by atoms with Crippen molar-refractivity contribution in [2.45, 2.75) is 17.3 Å². The Kier molecular flexibility index (Phi) is 5.79. The quantitative estimate of drug-likeness (QED) is 0.513. The van der Waals surface area contributed by atoms with Gasteiger partial charge in [-0.1, -0.05) is 0 Å². The molecular weight excluding hydrogens is 435 g/mol. The van der Waals surface area contributed by atoms with Crippen molar-refractivity contribution in [3.05, 3.63) is 102 Å². The summed E-state index contributed by atoms with van der Waals surface area (Å²) in [6.07, 6.45) is 0. The van der Waals surface area contributed by atoms with E-state index in [1.54, 1.807) is 0 Å². The average Bonchev–Trinajstić information content (AvgIpc) is 2.97. The Labute approximate surface area is 175 Å². The topological polar surface area (TPSA) is 20.3 Å². The number of amides is 1. The average molecular weight is 456 g/mol. The summed E-state index contributed by atoms with van der Waals surface area (Å²) in [6, 6.07) is 28.5. The van der Waals surface area contributed by atoms with Crippen LogP contribution < -0.4 is 4.46 Å². The Morgan fingerprint density at radius 3 is 2.07 bits per heavy atom. The first-order valence-corrected chi connectivity index (χ1v) is 11.4. The number of carbonyl (C=O) groups is 1. The minimum absolute atomic E-state index is 0.0644. The summed E-state index contributed by atoms with van der Waals surface area (Å²) in [5.41, 5.74) is 1.73. The summed E-state index contributed by atoms with van der Waals surface area (Å²) in [5, 5.41) is 0. The van der Waals surface area contributed by atoms with Gasteiger partial charge in [-0.2, -0.15) is 0 Å². The number of benzene rings is 3. The first-order valence-electron chi connectivity index (χ1n) is 9.53. The van der Waals surface area contributed by atoms with Crippen LogP contribution in [-0.2, 0) is 11.3 Å². The second-order valence-electron chi connectivity index (χ2n) is 7.16.